The van der Waals surface area contributed by atoms with Crippen LogP contribution in [-0.4, -0.2) is 22.0 Å². The van der Waals surface area contributed by atoms with E-state index in [-0.39, 0.29) is 16.9 Å². The molecular formula is C18H13F3N4O3. The number of pyridine rings is 1. The summed E-state index contributed by atoms with van der Waals surface area (Å²) in [5, 5.41) is 8.27. The second kappa shape index (κ2) is 7.51. The van der Waals surface area contributed by atoms with Gasteiger partial charge in [0.05, 0.1) is 22.4 Å². The minimum atomic E-state index is -4.63. The summed E-state index contributed by atoms with van der Waals surface area (Å²) < 4.78 is 44.0. The van der Waals surface area contributed by atoms with Crippen LogP contribution in [0.25, 0.3) is 0 Å². The van der Waals surface area contributed by atoms with Gasteiger partial charge >= 0.3 is 6.18 Å². The molecule has 7 nitrogen and oxygen atoms in total. The van der Waals surface area contributed by atoms with Crippen LogP contribution in [0.15, 0.2) is 53.3 Å². The maximum atomic E-state index is 13.0. The van der Waals surface area contributed by atoms with Crippen molar-refractivity contribution < 1.29 is 27.3 Å². The number of carbonyl (C=O) groups excluding carboxylic acids is 2. The molecule has 1 aromatic carbocycles. The summed E-state index contributed by atoms with van der Waals surface area (Å²) in [4.78, 5) is 28.4. The summed E-state index contributed by atoms with van der Waals surface area (Å²) in [6, 6.07) is 7.29. The van der Waals surface area contributed by atoms with Crippen molar-refractivity contribution in [1.29, 1.82) is 0 Å². The molecule has 2 N–H and O–H groups in total. The van der Waals surface area contributed by atoms with E-state index >= 15 is 0 Å². The third-order valence-corrected chi connectivity index (χ3v) is 3.61. The van der Waals surface area contributed by atoms with Crippen molar-refractivity contribution in [3.63, 3.8) is 0 Å². The number of para-hydroxylation sites is 1. The number of aryl methyl sites for hydroxylation is 1. The number of halogens is 3. The summed E-state index contributed by atoms with van der Waals surface area (Å²) in [6.07, 6.45) is -2.27. The number of nitrogens with one attached hydrogen (secondary N) is 2. The molecule has 0 radical (unpaired) electrons. The number of carbonyl (C=O) groups is 2. The molecule has 0 bridgehead atoms. The molecule has 3 aromatic rings. The number of amides is 2. The first-order valence-corrected chi connectivity index (χ1v) is 7.91. The van der Waals surface area contributed by atoms with Gasteiger partial charge in [-0.3, -0.25) is 14.6 Å². The van der Waals surface area contributed by atoms with Gasteiger partial charge in [-0.1, -0.05) is 17.3 Å². The second-order valence-electron chi connectivity index (χ2n) is 5.74. The van der Waals surface area contributed by atoms with Crippen molar-refractivity contribution in [3.8, 4) is 0 Å². The van der Waals surface area contributed by atoms with Crippen molar-refractivity contribution in [2.75, 3.05) is 10.6 Å². The van der Waals surface area contributed by atoms with Crippen LogP contribution in [0.1, 0.15) is 32.0 Å². The SMILES string of the molecule is Cc1cc(NC(=O)c2cncc(C(=O)Nc3ccccc3C(F)(F)F)c2)no1. The topological polar surface area (TPSA) is 97.1 Å². The van der Waals surface area contributed by atoms with Gasteiger partial charge < -0.3 is 15.2 Å². The fraction of sp³-hybridized carbons (Fsp3) is 0.111. The predicted molar refractivity (Wildman–Crippen MR) is 92.8 cm³/mol. The Bertz CT molecular complexity index is 1030. The molecule has 10 heteroatoms. The zero-order chi connectivity index (χ0) is 20.3. The van der Waals surface area contributed by atoms with Crippen LogP contribution >= 0.6 is 0 Å². The van der Waals surface area contributed by atoms with Gasteiger partial charge in [0, 0.05) is 18.5 Å². The highest BCUT2D eigenvalue weighted by Crippen LogP contribution is 2.34. The third kappa shape index (κ3) is 4.34. The van der Waals surface area contributed by atoms with E-state index in [1.165, 1.54) is 30.5 Å². The van der Waals surface area contributed by atoms with Crippen LogP contribution in [0.2, 0.25) is 0 Å². The summed E-state index contributed by atoms with van der Waals surface area (Å²) in [7, 11) is 0. The predicted octanol–water partition coefficient (Wildman–Crippen LogP) is 3.90. The molecule has 0 saturated heterocycles. The summed E-state index contributed by atoms with van der Waals surface area (Å²) >= 11 is 0. The number of anilines is 2. The average molecular weight is 390 g/mol. The minimum Gasteiger partial charge on any atom is -0.360 e. The van der Waals surface area contributed by atoms with Crippen molar-refractivity contribution in [3.05, 3.63) is 71.2 Å². The third-order valence-electron chi connectivity index (χ3n) is 3.61. The Morgan fingerprint density at radius 3 is 2.25 bits per heavy atom. The zero-order valence-electron chi connectivity index (χ0n) is 14.4. The highest BCUT2D eigenvalue weighted by molar-refractivity contribution is 6.08. The number of hydrogen-bond acceptors (Lipinski definition) is 5. The lowest BCUT2D eigenvalue weighted by Crippen LogP contribution is -2.18. The molecule has 0 fully saturated rings. The fourth-order valence-corrected chi connectivity index (χ4v) is 2.34. The van der Waals surface area contributed by atoms with Gasteiger partial charge in [0.25, 0.3) is 11.8 Å². The number of alkyl halides is 3. The minimum absolute atomic E-state index is 0.0254. The van der Waals surface area contributed by atoms with E-state index in [1.54, 1.807) is 6.92 Å². The number of hydrogen-bond donors (Lipinski definition) is 2. The molecule has 0 aliphatic heterocycles. The van der Waals surface area contributed by atoms with Gasteiger partial charge in [0.2, 0.25) is 0 Å². The van der Waals surface area contributed by atoms with Crippen molar-refractivity contribution in [2.45, 2.75) is 13.1 Å². The Morgan fingerprint density at radius 1 is 1.00 bits per heavy atom. The largest absolute Gasteiger partial charge is 0.418 e. The van der Waals surface area contributed by atoms with Crippen LogP contribution in [0, 0.1) is 6.92 Å². The van der Waals surface area contributed by atoms with E-state index < -0.39 is 29.2 Å². The van der Waals surface area contributed by atoms with Crippen LogP contribution in [0.4, 0.5) is 24.7 Å². The van der Waals surface area contributed by atoms with Crippen LogP contribution < -0.4 is 10.6 Å². The Hall–Kier alpha value is -3.69. The Balaban J connectivity index is 1.79. The van der Waals surface area contributed by atoms with Crippen LogP contribution in [-0.2, 0) is 6.18 Å². The molecule has 0 spiro atoms. The normalized spacial score (nSPS) is 11.1. The molecule has 0 atom stereocenters. The Labute approximate surface area is 156 Å². The van der Waals surface area contributed by atoms with Crippen LogP contribution in [0.5, 0.6) is 0 Å². The molecule has 28 heavy (non-hydrogen) atoms. The molecule has 2 aromatic heterocycles. The summed E-state index contributed by atoms with van der Waals surface area (Å²) in [5.41, 5.74) is -1.43. The monoisotopic (exact) mass is 390 g/mol. The molecule has 0 aliphatic carbocycles. The second-order valence-corrected chi connectivity index (χ2v) is 5.74. The molecule has 2 amide bonds. The van der Waals surface area contributed by atoms with Gasteiger partial charge in [0.1, 0.15) is 5.76 Å². The molecule has 144 valence electrons. The van der Waals surface area contributed by atoms with Gasteiger partial charge in [-0.25, -0.2) is 0 Å². The van der Waals surface area contributed by atoms with Gasteiger partial charge in [0.15, 0.2) is 5.82 Å². The lowest BCUT2D eigenvalue weighted by Gasteiger charge is -2.13. The van der Waals surface area contributed by atoms with E-state index in [9.17, 15) is 22.8 Å². The molecule has 2 heterocycles. The summed E-state index contributed by atoms with van der Waals surface area (Å²) in [6.45, 7) is 1.65. The van der Waals surface area contributed by atoms with Gasteiger partial charge in [-0.05, 0) is 25.1 Å². The van der Waals surface area contributed by atoms with E-state index in [2.05, 4.69) is 20.8 Å². The molecular weight excluding hydrogens is 377 g/mol. The smallest absolute Gasteiger partial charge is 0.360 e. The Kier molecular flexibility index (Phi) is 5.12. The maximum absolute atomic E-state index is 13.0. The standard InChI is InChI=1S/C18H13F3N4O3/c1-10-6-15(25-28-10)24-17(27)12-7-11(8-22-9-12)16(26)23-14-5-3-2-4-13(14)18(19,20)21/h2-9H,1H3,(H,23,26)(H,24,25,27). The zero-order valence-corrected chi connectivity index (χ0v) is 14.4. The van der Waals surface area contributed by atoms with Gasteiger partial charge in [-0.15, -0.1) is 0 Å². The first-order chi connectivity index (χ1) is 13.2. The van der Waals surface area contributed by atoms with E-state index in [1.807, 2.05) is 0 Å². The summed E-state index contributed by atoms with van der Waals surface area (Å²) in [5.74, 6) is -0.774. The molecule has 0 unspecified atom stereocenters. The average Bonchev–Trinajstić information content (AvgIpc) is 3.06. The number of nitrogens with zero attached hydrogens (tertiary/aromatic N) is 2. The van der Waals surface area contributed by atoms with Crippen molar-refractivity contribution >= 4 is 23.3 Å². The van der Waals surface area contributed by atoms with E-state index in [0.29, 0.717) is 5.76 Å². The highest BCUT2D eigenvalue weighted by atomic mass is 19.4. The molecule has 3 rings (SSSR count). The molecule has 0 saturated carbocycles. The number of benzene rings is 1. The Morgan fingerprint density at radius 2 is 1.64 bits per heavy atom. The lowest BCUT2D eigenvalue weighted by molar-refractivity contribution is -0.136. The first-order valence-electron chi connectivity index (χ1n) is 7.91. The van der Waals surface area contributed by atoms with E-state index in [4.69, 9.17) is 4.52 Å². The number of rotatable bonds is 4. The van der Waals surface area contributed by atoms with E-state index in [0.717, 1.165) is 18.3 Å². The number of aromatic nitrogens is 2. The van der Waals surface area contributed by atoms with Crippen LogP contribution in [0.3, 0.4) is 0 Å². The van der Waals surface area contributed by atoms with Crippen molar-refractivity contribution in [2.24, 2.45) is 0 Å². The quantitative estimate of drug-likeness (QED) is 0.704. The molecule has 0 aliphatic rings. The highest BCUT2D eigenvalue weighted by Gasteiger charge is 2.33. The first kappa shape index (κ1) is 19.1. The fourth-order valence-electron chi connectivity index (χ4n) is 2.34. The lowest BCUT2D eigenvalue weighted by atomic mass is 10.1. The van der Waals surface area contributed by atoms with Gasteiger partial charge in [-0.2, -0.15) is 13.2 Å². The maximum Gasteiger partial charge on any atom is 0.418 e. The van der Waals surface area contributed by atoms with Crippen molar-refractivity contribution in [1.82, 2.24) is 10.1 Å².